The highest BCUT2D eigenvalue weighted by atomic mass is 16.5. The average Bonchev–Trinajstić information content (AvgIpc) is 3.37. The number of methoxy groups -OCH3 is 1. The Kier molecular flexibility index (Phi) is 4.80. The largest absolute Gasteiger partial charge is 0.496 e. The van der Waals surface area contributed by atoms with Crippen molar-refractivity contribution >= 4 is 16.8 Å². The van der Waals surface area contributed by atoms with Crippen molar-refractivity contribution in [1.82, 2.24) is 24.8 Å². The van der Waals surface area contributed by atoms with E-state index in [9.17, 15) is 4.79 Å². The number of aryl methyl sites for hydroxylation is 1. The van der Waals surface area contributed by atoms with Gasteiger partial charge in [-0.1, -0.05) is 12.1 Å². The number of fused-ring (bicyclic) bond motifs is 1. The van der Waals surface area contributed by atoms with E-state index in [0.29, 0.717) is 30.1 Å². The predicted molar refractivity (Wildman–Crippen MR) is 107 cm³/mol. The molecule has 0 bridgehead atoms. The predicted octanol–water partition coefficient (Wildman–Crippen LogP) is 2.94. The minimum atomic E-state index is -0.201. The zero-order valence-corrected chi connectivity index (χ0v) is 15.8. The summed E-state index contributed by atoms with van der Waals surface area (Å²) in [5.74, 6) is 0.515. The number of hydrogen-bond acceptors (Lipinski definition) is 4. The minimum absolute atomic E-state index is 0.201. The van der Waals surface area contributed by atoms with E-state index in [2.05, 4.69) is 20.3 Å². The molecule has 2 N–H and O–H groups in total. The van der Waals surface area contributed by atoms with Gasteiger partial charge in [0.05, 0.1) is 24.6 Å². The molecule has 7 heteroatoms. The Morgan fingerprint density at radius 1 is 1.29 bits per heavy atom. The molecule has 0 saturated heterocycles. The van der Waals surface area contributed by atoms with Crippen LogP contribution in [0.15, 0.2) is 55.1 Å². The van der Waals surface area contributed by atoms with Crippen LogP contribution in [-0.4, -0.2) is 39.1 Å². The summed E-state index contributed by atoms with van der Waals surface area (Å²) in [6, 6.07) is 11.6. The number of pyridine rings is 1. The van der Waals surface area contributed by atoms with Gasteiger partial charge < -0.3 is 19.6 Å². The number of rotatable bonds is 6. The topological polar surface area (TPSA) is 84.8 Å². The number of hydrogen-bond donors (Lipinski definition) is 2. The smallest absolute Gasteiger partial charge is 0.270 e. The lowest BCUT2D eigenvalue weighted by Crippen LogP contribution is -2.27. The normalized spacial score (nSPS) is 10.9. The first-order valence-corrected chi connectivity index (χ1v) is 9.02. The third-order valence-electron chi connectivity index (χ3n) is 4.71. The summed E-state index contributed by atoms with van der Waals surface area (Å²) in [6.07, 6.45) is 5.99. The summed E-state index contributed by atoms with van der Waals surface area (Å²) < 4.78 is 7.46. The molecule has 0 aliphatic rings. The fourth-order valence-electron chi connectivity index (χ4n) is 3.25. The van der Waals surface area contributed by atoms with Crippen molar-refractivity contribution in [2.75, 3.05) is 13.7 Å². The number of carbonyl (C=O) groups excluding carboxylic acids is 1. The highest BCUT2D eigenvalue weighted by Gasteiger charge is 2.17. The van der Waals surface area contributed by atoms with E-state index >= 15 is 0 Å². The van der Waals surface area contributed by atoms with E-state index in [-0.39, 0.29) is 5.91 Å². The Balaban J connectivity index is 1.69. The third-order valence-corrected chi connectivity index (χ3v) is 4.71. The third kappa shape index (κ3) is 3.34. The van der Waals surface area contributed by atoms with Gasteiger partial charge in [-0.2, -0.15) is 0 Å². The lowest BCUT2D eigenvalue weighted by atomic mass is 10.1. The Bertz CT molecular complexity index is 1120. The molecule has 7 nitrogen and oxygen atoms in total. The first-order chi connectivity index (χ1) is 13.7. The Morgan fingerprint density at radius 3 is 2.93 bits per heavy atom. The molecule has 1 aromatic carbocycles. The molecule has 142 valence electrons. The number of benzene rings is 1. The SMILES string of the molecule is COc1ccccc1-c1cc2c(ccn2C)c(C(=O)NCCc2cnc[nH]2)n1. The zero-order valence-electron chi connectivity index (χ0n) is 15.8. The van der Waals surface area contributed by atoms with E-state index in [4.69, 9.17) is 4.74 Å². The lowest BCUT2D eigenvalue weighted by Gasteiger charge is -2.11. The van der Waals surface area contributed by atoms with Crippen LogP contribution in [0.25, 0.3) is 22.2 Å². The van der Waals surface area contributed by atoms with Gasteiger partial charge in [-0.25, -0.2) is 9.97 Å². The number of carbonyl (C=O) groups is 1. The second kappa shape index (κ2) is 7.56. The number of ether oxygens (including phenoxy) is 1. The second-order valence-electron chi connectivity index (χ2n) is 6.50. The minimum Gasteiger partial charge on any atom is -0.496 e. The number of aromatic nitrogens is 4. The molecule has 0 atom stereocenters. The van der Waals surface area contributed by atoms with E-state index in [1.807, 2.05) is 54.2 Å². The molecular weight excluding hydrogens is 354 g/mol. The highest BCUT2D eigenvalue weighted by Crippen LogP contribution is 2.31. The molecule has 3 aromatic heterocycles. The van der Waals surface area contributed by atoms with E-state index in [0.717, 1.165) is 22.2 Å². The van der Waals surface area contributed by atoms with Crippen molar-refractivity contribution in [2.24, 2.45) is 7.05 Å². The van der Waals surface area contributed by atoms with Crippen LogP contribution in [0.4, 0.5) is 0 Å². The summed E-state index contributed by atoms with van der Waals surface area (Å²) >= 11 is 0. The molecule has 0 saturated carbocycles. The van der Waals surface area contributed by atoms with Crippen molar-refractivity contribution in [3.05, 3.63) is 66.5 Å². The maximum Gasteiger partial charge on any atom is 0.270 e. The van der Waals surface area contributed by atoms with Crippen LogP contribution in [0.1, 0.15) is 16.2 Å². The van der Waals surface area contributed by atoms with Gasteiger partial charge in [0, 0.05) is 49.1 Å². The van der Waals surface area contributed by atoms with E-state index in [1.54, 1.807) is 19.6 Å². The molecule has 0 fully saturated rings. The molecule has 4 rings (SSSR count). The lowest BCUT2D eigenvalue weighted by molar-refractivity contribution is 0.0951. The van der Waals surface area contributed by atoms with Crippen molar-refractivity contribution in [2.45, 2.75) is 6.42 Å². The molecule has 0 unspecified atom stereocenters. The fourth-order valence-corrected chi connectivity index (χ4v) is 3.25. The van der Waals surface area contributed by atoms with Crippen molar-refractivity contribution in [3.8, 4) is 17.0 Å². The molecular formula is C21H21N5O2. The van der Waals surface area contributed by atoms with Gasteiger partial charge in [0.25, 0.3) is 5.91 Å². The fraction of sp³-hybridized carbons (Fsp3) is 0.190. The van der Waals surface area contributed by atoms with Gasteiger partial charge in [0.15, 0.2) is 0 Å². The molecule has 3 heterocycles. The summed E-state index contributed by atoms with van der Waals surface area (Å²) in [7, 11) is 3.58. The zero-order chi connectivity index (χ0) is 19.5. The number of para-hydroxylation sites is 1. The molecule has 1 amide bonds. The Morgan fingerprint density at radius 2 is 2.14 bits per heavy atom. The molecule has 28 heavy (non-hydrogen) atoms. The van der Waals surface area contributed by atoms with Gasteiger partial charge in [-0.05, 0) is 24.3 Å². The number of H-pyrrole nitrogens is 1. The standard InChI is InChI=1S/C21H21N5O2/c1-26-10-8-16-18(26)11-17(15-5-3-4-6-19(15)28-2)25-20(16)21(27)23-9-7-14-12-22-13-24-14/h3-6,8,10-13H,7,9H2,1-2H3,(H,22,24)(H,23,27). The quantitative estimate of drug-likeness (QED) is 0.543. The summed E-state index contributed by atoms with van der Waals surface area (Å²) in [5.41, 5.74) is 3.87. The van der Waals surface area contributed by atoms with Gasteiger partial charge >= 0.3 is 0 Å². The van der Waals surface area contributed by atoms with E-state index in [1.165, 1.54) is 0 Å². The summed E-state index contributed by atoms with van der Waals surface area (Å²) in [4.78, 5) is 24.6. The summed E-state index contributed by atoms with van der Waals surface area (Å²) in [5, 5.41) is 3.78. The Hall–Kier alpha value is -3.61. The highest BCUT2D eigenvalue weighted by molar-refractivity contribution is 6.05. The first-order valence-electron chi connectivity index (χ1n) is 9.02. The maximum absolute atomic E-state index is 12.9. The van der Waals surface area contributed by atoms with Crippen LogP contribution in [0.2, 0.25) is 0 Å². The van der Waals surface area contributed by atoms with Crippen molar-refractivity contribution < 1.29 is 9.53 Å². The molecule has 0 spiro atoms. The number of nitrogens with one attached hydrogen (secondary N) is 2. The van der Waals surface area contributed by atoms with Gasteiger partial charge in [-0.3, -0.25) is 4.79 Å². The van der Waals surface area contributed by atoms with Crippen LogP contribution in [-0.2, 0) is 13.5 Å². The van der Waals surface area contributed by atoms with E-state index < -0.39 is 0 Å². The van der Waals surface area contributed by atoms with Gasteiger partial charge in [0.1, 0.15) is 11.4 Å². The van der Waals surface area contributed by atoms with Gasteiger partial charge in [-0.15, -0.1) is 0 Å². The average molecular weight is 375 g/mol. The second-order valence-corrected chi connectivity index (χ2v) is 6.50. The van der Waals surface area contributed by atoms with Crippen LogP contribution < -0.4 is 10.1 Å². The number of imidazole rings is 1. The van der Waals surface area contributed by atoms with Gasteiger partial charge in [0.2, 0.25) is 0 Å². The van der Waals surface area contributed by atoms with Crippen molar-refractivity contribution in [3.63, 3.8) is 0 Å². The maximum atomic E-state index is 12.9. The molecule has 0 aliphatic carbocycles. The first kappa shape index (κ1) is 17.8. The van der Waals surface area contributed by atoms with Crippen LogP contribution in [0.3, 0.4) is 0 Å². The summed E-state index contributed by atoms with van der Waals surface area (Å²) in [6.45, 7) is 0.496. The van der Waals surface area contributed by atoms with Crippen LogP contribution >= 0.6 is 0 Å². The molecule has 4 aromatic rings. The monoisotopic (exact) mass is 375 g/mol. The van der Waals surface area contributed by atoms with Crippen molar-refractivity contribution in [1.29, 1.82) is 0 Å². The number of amides is 1. The molecule has 0 aliphatic heterocycles. The van der Waals surface area contributed by atoms with Crippen LogP contribution in [0.5, 0.6) is 5.75 Å². The Labute approximate surface area is 162 Å². The number of nitrogens with zero attached hydrogens (tertiary/aromatic N) is 3. The number of aromatic amines is 1. The van der Waals surface area contributed by atoms with Crippen LogP contribution in [0, 0.1) is 0 Å². The molecule has 0 radical (unpaired) electrons.